The number of primary amides is 1. The molecule has 3 aromatic carbocycles. The van der Waals surface area contributed by atoms with Gasteiger partial charge >= 0.3 is 0 Å². The molecule has 0 unspecified atom stereocenters. The lowest BCUT2D eigenvalue weighted by Gasteiger charge is -2.34. The third-order valence-electron chi connectivity index (χ3n) is 5.55. The number of carbonyl (C=O) groups excluding carboxylic acids is 2. The molecule has 7 heteroatoms. The maximum absolute atomic E-state index is 12.9. The fraction of sp³-hybridized carbons (Fsp3) is 0.231. The van der Waals surface area contributed by atoms with Gasteiger partial charge in [0, 0.05) is 43.9 Å². The maximum Gasteiger partial charge on any atom is 0.253 e. The first-order chi connectivity index (χ1) is 16.1. The summed E-state index contributed by atoms with van der Waals surface area (Å²) in [5.41, 5.74) is 6.30. The fourth-order valence-electron chi connectivity index (χ4n) is 3.66. The highest BCUT2D eigenvalue weighted by molar-refractivity contribution is 5.94. The lowest BCUT2D eigenvalue weighted by Crippen LogP contribution is -2.49. The predicted octanol–water partition coefficient (Wildman–Crippen LogP) is 3.41. The van der Waals surface area contributed by atoms with Crippen molar-refractivity contribution >= 4 is 11.8 Å². The number of para-hydroxylation sites is 1. The Morgan fingerprint density at radius 1 is 0.727 bits per heavy atom. The Balaban J connectivity index is 1.23. The van der Waals surface area contributed by atoms with Crippen LogP contribution in [-0.2, 0) is 0 Å². The van der Waals surface area contributed by atoms with Crippen LogP contribution in [0, 0.1) is 0 Å². The first-order valence-electron chi connectivity index (χ1n) is 11.0. The molecule has 0 bridgehead atoms. The average molecular weight is 446 g/mol. The molecule has 0 atom stereocenters. The smallest absolute Gasteiger partial charge is 0.253 e. The summed E-state index contributed by atoms with van der Waals surface area (Å²) in [4.78, 5) is 28.2. The fourth-order valence-corrected chi connectivity index (χ4v) is 3.66. The van der Waals surface area contributed by atoms with Gasteiger partial charge in [-0.1, -0.05) is 18.2 Å². The van der Waals surface area contributed by atoms with Crippen molar-refractivity contribution in [3.63, 3.8) is 0 Å². The van der Waals surface area contributed by atoms with Crippen molar-refractivity contribution in [2.45, 2.75) is 0 Å². The van der Waals surface area contributed by atoms with E-state index in [2.05, 4.69) is 4.90 Å². The van der Waals surface area contributed by atoms with Gasteiger partial charge in [0.05, 0.1) is 0 Å². The Morgan fingerprint density at radius 2 is 1.30 bits per heavy atom. The van der Waals surface area contributed by atoms with E-state index in [0.717, 1.165) is 25.4 Å². The SMILES string of the molecule is NC(=O)c1ccc(Oc2ccc(C(=O)N3CCN(CCOc4ccccc4)CC3)cc2)cc1. The zero-order chi connectivity index (χ0) is 23.0. The van der Waals surface area contributed by atoms with Gasteiger partial charge < -0.3 is 20.1 Å². The molecule has 33 heavy (non-hydrogen) atoms. The minimum atomic E-state index is -0.481. The van der Waals surface area contributed by atoms with E-state index in [4.69, 9.17) is 15.2 Å². The molecule has 0 aliphatic carbocycles. The van der Waals surface area contributed by atoms with Crippen LogP contribution >= 0.6 is 0 Å². The Morgan fingerprint density at radius 3 is 1.88 bits per heavy atom. The predicted molar refractivity (Wildman–Crippen MR) is 126 cm³/mol. The van der Waals surface area contributed by atoms with Crippen molar-refractivity contribution in [2.75, 3.05) is 39.3 Å². The molecule has 2 N–H and O–H groups in total. The third-order valence-corrected chi connectivity index (χ3v) is 5.55. The summed E-state index contributed by atoms with van der Waals surface area (Å²) in [7, 11) is 0. The maximum atomic E-state index is 12.9. The van der Waals surface area contributed by atoms with Crippen molar-refractivity contribution in [1.82, 2.24) is 9.80 Å². The summed E-state index contributed by atoms with van der Waals surface area (Å²) < 4.78 is 11.5. The lowest BCUT2D eigenvalue weighted by molar-refractivity contribution is 0.0620. The van der Waals surface area contributed by atoms with Crippen LogP contribution in [-0.4, -0.2) is 60.9 Å². The van der Waals surface area contributed by atoms with Crippen LogP contribution in [0.25, 0.3) is 0 Å². The van der Waals surface area contributed by atoms with Gasteiger partial charge in [0.2, 0.25) is 5.91 Å². The summed E-state index contributed by atoms with van der Waals surface area (Å²) in [5.74, 6) is 1.62. The second-order valence-corrected chi connectivity index (χ2v) is 7.81. The van der Waals surface area contributed by atoms with Crippen molar-refractivity contribution in [2.24, 2.45) is 5.73 Å². The van der Waals surface area contributed by atoms with Gasteiger partial charge in [-0.15, -0.1) is 0 Å². The number of hydrogen-bond acceptors (Lipinski definition) is 5. The van der Waals surface area contributed by atoms with E-state index in [0.29, 0.717) is 42.3 Å². The number of rotatable bonds is 8. The first kappa shape index (κ1) is 22.4. The number of nitrogens with zero attached hydrogens (tertiary/aromatic N) is 2. The summed E-state index contributed by atoms with van der Waals surface area (Å²) in [6.07, 6.45) is 0. The van der Waals surface area contributed by atoms with Gasteiger partial charge in [-0.3, -0.25) is 14.5 Å². The minimum absolute atomic E-state index is 0.0209. The van der Waals surface area contributed by atoms with Crippen LogP contribution < -0.4 is 15.2 Å². The molecule has 1 fully saturated rings. The zero-order valence-electron chi connectivity index (χ0n) is 18.4. The van der Waals surface area contributed by atoms with Crippen molar-refractivity contribution in [3.05, 3.63) is 90.0 Å². The molecular formula is C26H27N3O4. The van der Waals surface area contributed by atoms with Crippen LogP contribution in [0.15, 0.2) is 78.9 Å². The van der Waals surface area contributed by atoms with E-state index in [1.54, 1.807) is 48.5 Å². The molecular weight excluding hydrogens is 418 g/mol. The molecule has 0 spiro atoms. The van der Waals surface area contributed by atoms with Gasteiger partial charge in [0.1, 0.15) is 23.9 Å². The van der Waals surface area contributed by atoms with Crippen molar-refractivity contribution in [1.29, 1.82) is 0 Å². The summed E-state index contributed by atoms with van der Waals surface area (Å²) in [6, 6.07) is 23.5. The normalized spacial score (nSPS) is 14.0. The Hall–Kier alpha value is -3.84. The Kier molecular flexibility index (Phi) is 7.22. The second kappa shape index (κ2) is 10.7. The number of ether oxygens (including phenoxy) is 2. The minimum Gasteiger partial charge on any atom is -0.492 e. The van der Waals surface area contributed by atoms with Crippen molar-refractivity contribution < 1.29 is 19.1 Å². The van der Waals surface area contributed by atoms with Crippen LogP contribution in [0.5, 0.6) is 17.2 Å². The van der Waals surface area contributed by atoms with Crippen LogP contribution in [0.3, 0.4) is 0 Å². The largest absolute Gasteiger partial charge is 0.492 e. The van der Waals surface area contributed by atoms with E-state index in [9.17, 15) is 9.59 Å². The molecule has 1 saturated heterocycles. The van der Waals surface area contributed by atoms with Crippen molar-refractivity contribution in [3.8, 4) is 17.2 Å². The van der Waals surface area contributed by atoms with Gasteiger partial charge in [-0.2, -0.15) is 0 Å². The molecule has 7 nitrogen and oxygen atoms in total. The number of hydrogen-bond donors (Lipinski definition) is 1. The molecule has 1 aliphatic rings. The molecule has 3 aromatic rings. The highest BCUT2D eigenvalue weighted by Gasteiger charge is 2.22. The van der Waals surface area contributed by atoms with E-state index >= 15 is 0 Å². The molecule has 2 amide bonds. The number of carbonyl (C=O) groups is 2. The number of piperazine rings is 1. The molecule has 4 rings (SSSR count). The Labute approximate surface area is 193 Å². The molecule has 170 valence electrons. The van der Waals surface area contributed by atoms with Crippen LogP contribution in [0.4, 0.5) is 0 Å². The molecule has 0 saturated carbocycles. The van der Waals surface area contributed by atoms with E-state index < -0.39 is 5.91 Å². The van der Waals surface area contributed by atoms with E-state index in [-0.39, 0.29) is 5.91 Å². The third kappa shape index (κ3) is 6.11. The number of benzene rings is 3. The Bertz CT molecular complexity index is 1060. The average Bonchev–Trinajstić information content (AvgIpc) is 2.85. The highest BCUT2D eigenvalue weighted by atomic mass is 16.5. The van der Waals surface area contributed by atoms with E-state index in [1.165, 1.54) is 0 Å². The summed E-state index contributed by atoms with van der Waals surface area (Å²) in [5, 5.41) is 0. The molecule has 1 heterocycles. The monoisotopic (exact) mass is 445 g/mol. The van der Waals surface area contributed by atoms with Gasteiger partial charge in [0.25, 0.3) is 5.91 Å². The zero-order valence-corrected chi connectivity index (χ0v) is 18.4. The van der Waals surface area contributed by atoms with Gasteiger partial charge in [-0.05, 0) is 60.7 Å². The first-order valence-corrected chi connectivity index (χ1v) is 11.0. The number of amides is 2. The topological polar surface area (TPSA) is 85.1 Å². The summed E-state index contributed by atoms with van der Waals surface area (Å²) in [6.45, 7) is 4.50. The second-order valence-electron chi connectivity index (χ2n) is 7.81. The van der Waals surface area contributed by atoms with E-state index in [1.807, 2.05) is 35.2 Å². The molecule has 0 radical (unpaired) electrons. The lowest BCUT2D eigenvalue weighted by atomic mass is 10.1. The highest BCUT2D eigenvalue weighted by Crippen LogP contribution is 2.22. The van der Waals surface area contributed by atoms with Crippen LogP contribution in [0.2, 0.25) is 0 Å². The quantitative estimate of drug-likeness (QED) is 0.574. The number of nitrogens with two attached hydrogens (primary N) is 1. The molecule has 1 aliphatic heterocycles. The van der Waals surface area contributed by atoms with Gasteiger partial charge in [0.15, 0.2) is 0 Å². The van der Waals surface area contributed by atoms with Gasteiger partial charge in [-0.25, -0.2) is 0 Å². The molecule has 0 aromatic heterocycles. The summed E-state index contributed by atoms with van der Waals surface area (Å²) >= 11 is 0. The standard InChI is InChI=1S/C26H27N3O4/c27-25(30)20-6-10-23(11-7-20)33-24-12-8-21(9-13-24)26(31)29-16-14-28(15-17-29)18-19-32-22-4-2-1-3-5-22/h1-13H,14-19H2,(H2,27,30). The van der Waals surface area contributed by atoms with Crippen LogP contribution in [0.1, 0.15) is 20.7 Å².